The zero-order chi connectivity index (χ0) is 15.8. The molecule has 1 fully saturated rings. The van der Waals surface area contributed by atoms with Gasteiger partial charge >= 0.3 is 0 Å². The number of benzene rings is 2. The van der Waals surface area contributed by atoms with Crippen LogP contribution < -0.4 is 4.90 Å². The predicted molar refractivity (Wildman–Crippen MR) is 89.1 cm³/mol. The molecule has 0 aromatic heterocycles. The Labute approximate surface area is 136 Å². The van der Waals surface area contributed by atoms with Gasteiger partial charge in [-0.1, -0.05) is 18.2 Å². The van der Waals surface area contributed by atoms with Crippen LogP contribution in [0.1, 0.15) is 41.0 Å². The van der Waals surface area contributed by atoms with E-state index in [-0.39, 0.29) is 0 Å². The van der Waals surface area contributed by atoms with Crippen molar-refractivity contribution in [3.8, 4) is 12.1 Å². The number of anilines is 1. The van der Waals surface area contributed by atoms with Crippen LogP contribution in [-0.2, 0) is 6.42 Å². The molecular formula is C20H17N3. The number of fused-ring (bicyclic) bond motifs is 1. The van der Waals surface area contributed by atoms with Gasteiger partial charge in [-0.15, -0.1) is 0 Å². The summed E-state index contributed by atoms with van der Waals surface area (Å²) in [7, 11) is 0. The SMILES string of the molecule is N#Cc1cc(C#N)cc(C2CC(N3CCc4ccccc43)C2)c1. The summed E-state index contributed by atoms with van der Waals surface area (Å²) >= 11 is 0. The Morgan fingerprint density at radius 3 is 2.35 bits per heavy atom. The molecule has 3 heteroatoms. The topological polar surface area (TPSA) is 50.8 Å². The maximum Gasteiger partial charge on any atom is 0.0992 e. The predicted octanol–water partition coefficient (Wildman–Crippen LogP) is 3.74. The van der Waals surface area contributed by atoms with E-state index in [0.717, 1.165) is 31.4 Å². The van der Waals surface area contributed by atoms with Crippen LogP contribution in [0.15, 0.2) is 42.5 Å². The number of nitrogens with zero attached hydrogens (tertiary/aromatic N) is 3. The molecule has 0 amide bonds. The molecule has 0 spiro atoms. The highest BCUT2D eigenvalue weighted by Crippen LogP contribution is 2.44. The molecule has 1 saturated carbocycles. The lowest BCUT2D eigenvalue weighted by atomic mass is 9.74. The average molecular weight is 299 g/mol. The normalized spacial score (nSPS) is 21.9. The second-order valence-electron chi connectivity index (χ2n) is 6.46. The van der Waals surface area contributed by atoms with E-state index in [1.54, 1.807) is 6.07 Å². The van der Waals surface area contributed by atoms with Gasteiger partial charge in [-0.25, -0.2) is 0 Å². The third kappa shape index (κ3) is 2.35. The van der Waals surface area contributed by atoms with Crippen LogP contribution >= 0.6 is 0 Å². The van der Waals surface area contributed by atoms with Gasteiger partial charge in [-0.3, -0.25) is 0 Å². The summed E-state index contributed by atoms with van der Waals surface area (Å²) in [6.07, 6.45) is 3.35. The first-order valence-corrected chi connectivity index (χ1v) is 8.08. The molecule has 2 aromatic rings. The Kier molecular flexibility index (Phi) is 3.28. The summed E-state index contributed by atoms with van der Waals surface area (Å²) < 4.78 is 0. The third-order valence-electron chi connectivity index (χ3n) is 5.16. The first-order chi connectivity index (χ1) is 11.3. The van der Waals surface area contributed by atoms with Crippen LogP contribution in [0.25, 0.3) is 0 Å². The summed E-state index contributed by atoms with van der Waals surface area (Å²) in [6.45, 7) is 1.11. The fourth-order valence-electron chi connectivity index (χ4n) is 3.87. The van der Waals surface area contributed by atoms with E-state index in [9.17, 15) is 0 Å². The lowest BCUT2D eigenvalue weighted by molar-refractivity contribution is 0.333. The Hall–Kier alpha value is -2.78. The van der Waals surface area contributed by atoms with Crippen molar-refractivity contribution >= 4 is 5.69 Å². The summed E-state index contributed by atoms with van der Waals surface area (Å²) in [5.74, 6) is 0.466. The first kappa shape index (κ1) is 13.9. The van der Waals surface area contributed by atoms with Crippen LogP contribution in [0.3, 0.4) is 0 Å². The van der Waals surface area contributed by atoms with Gasteiger partial charge in [0.2, 0.25) is 0 Å². The fraction of sp³-hybridized carbons (Fsp3) is 0.300. The summed E-state index contributed by atoms with van der Waals surface area (Å²) in [6, 6.07) is 19.1. The molecule has 0 bridgehead atoms. The van der Waals surface area contributed by atoms with Crippen molar-refractivity contribution in [3.05, 3.63) is 64.7 Å². The number of hydrogen-bond donors (Lipinski definition) is 0. The van der Waals surface area contributed by atoms with Crippen LogP contribution in [-0.4, -0.2) is 12.6 Å². The molecule has 0 saturated heterocycles. The largest absolute Gasteiger partial charge is 0.368 e. The van der Waals surface area contributed by atoms with Gasteiger partial charge in [0.15, 0.2) is 0 Å². The molecule has 2 aliphatic rings. The molecule has 0 N–H and O–H groups in total. The van der Waals surface area contributed by atoms with Gasteiger partial charge in [0.05, 0.1) is 23.3 Å². The van der Waals surface area contributed by atoms with Crippen LogP contribution in [0.4, 0.5) is 5.69 Å². The van der Waals surface area contributed by atoms with E-state index in [0.29, 0.717) is 23.1 Å². The molecule has 23 heavy (non-hydrogen) atoms. The minimum absolute atomic E-state index is 0.466. The molecule has 1 aliphatic heterocycles. The van der Waals surface area contributed by atoms with Gasteiger partial charge in [0.1, 0.15) is 0 Å². The molecule has 1 aliphatic carbocycles. The fourth-order valence-corrected chi connectivity index (χ4v) is 3.87. The summed E-state index contributed by atoms with van der Waals surface area (Å²) in [4.78, 5) is 2.53. The minimum Gasteiger partial charge on any atom is -0.368 e. The van der Waals surface area contributed by atoms with Crippen molar-refractivity contribution in [2.45, 2.75) is 31.2 Å². The zero-order valence-electron chi connectivity index (χ0n) is 12.9. The van der Waals surface area contributed by atoms with Crippen molar-refractivity contribution in [1.29, 1.82) is 10.5 Å². The zero-order valence-corrected chi connectivity index (χ0v) is 12.9. The monoisotopic (exact) mass is 299 g/mol. The van der Waals surface area contributed by atoms with Crippen molar-refractivity contribution < 1.29 is 0 Å². The number of nitriles is 2. The van der Waals surface area contributed by atoms with E-state index in [1.807, 2.05) is 12.1 Å². The van der Waals surface area contributed by atoms with Gasteiger partial charge in [-0.05, 0) is 60.6 Å². The van der Waals surface area contributed by atoms with Crippen molar-refractivity contribution in [3.63, 3.8) is 0 Å². The van der Waals surface area contributed by atoms with Gasteiger partial charge in [0.25, 0.3) is 0 Å². The number of rotatable bonds is 2. The smallest absolute Gasteiger partial charge is 0.0992 e. The Morgan fingerprint density at radius 1 is 0.957 bits per heavy atom. The first-order valence-electron chi connectivity index (χ1n) is 8.08. The van der Waals surface area contributed by atoms with Crippen LogP contribution in [0, 0.1) is 22.7 Å². The van der Waals surface area contributed by atoms with E-state index in [1.165, 1.54) is 11.3 Å². The Balaban J connectivity index is 1.51. The van der Waals surface area contributed by atoms with E-state index < -0.39 is 0 Å². The molecule has 112 valence electrons. The second-order valence-corrected chi connectivity index (χ2v) is 6.46. The van der Waals surface area contributed by atoms with E-state index >= 15 is 0 Å². The number of hydrogen-bond acceptors (Lipinski definition) is 3. The molecular weight excluding hydrogens is 282 g/mol. The van der Waals surface area contributed by atoms with Crippen molar-refractivity contribution in [1.82, 2.24) is 0 Å². The lowest BCUT2D eigenvalue weighted by Gasteiger charge is -2.43. The summed E-state index contributed by atoms with van der Waals surface area (Å²) in [5, 5.41) is 18.2. The standard InChI is InChI=1S/C20H17N3/c21-12-14-7-15(13-22)9-17(8-14)18-10-19(11-18)23-6-5-16-3-1-2-4-20(16)23/h1-4,7-9,18-19H,5-6,10-11H2. The van der Waals surface area contributed by atoms with E-state index in [4.69, 9.17) is 10.5 Å². The molecule has 0 unspecified atom stereocenters. The molecule has 2 aromatic carbocycles. The van der Waals surface area contributed by atoms with Gasteiger partial charge < -0.3 is 4.90 Å². The van der Waals surface area contributed by atoms with Crippen LogP contribution in [0.5, 0.6) is 0 Å². The lowest BCUT2D eigenvalue weighted by Crippen LogP contribution is -2.43. The van der Waals surface area contributed by atoms with Crippen molar-refractivity contribution in [2.75, 3.05) is 11.4 Å². The summed E-state index contributed by atoms with van der Waals surface area (Å²) in [5.41, 5.74) is 5.17. The van der Waals surface area contributed by atoms with Gasteiger partial charge in [-0.2, -0.15) is 10.5 Å². The Morgan fingerprint density at radius 2 is 1.65 bits per heavy atom. The quantitative estimate of drug-likeness (QED) is 0.849. The van der Waals surface area contributed by atoms with Gasteiger partial charge in [0, 0.05) is 18.3 Å². The van der Waals surface area contributed by atoms with Crippen molar-refractivity contribution in [2.24, 2.45) is 0 Å². The molecule has 0 radical (unpaired) electrons. The molecule has 0 atom stereocenters. The maximum absolute atomic E-state index is 9.12. The minimum atomic E-state index is 0.466. The molecule has 3 nitrogen and oxygen atoms in total. The molecule has 1 heterocycles. The Bertz CT molecular complexity index is 802. The average Bonchev–Trinajstić information content (AvgIpc) is 2.97. The third-order valence-corrected chi connectivity index (χ3v) is 5.16. The second kappa shape index (κ2) is 5.45. The maximum atomic E-state index is 9.12. The van der Waals surface area contributed by atoms with Crippen LogP contribution in [0.2, 0.25) is 0 Å². The molecule has 4 rings (SSSR count). The van der Waals surface area contributed by atoms with E-state index in [2.05, 4.69) is 41.3 Å². The highest BCUT2D eigenvalue weighted by atomic mass is 15.2. The number of para-hydroxylation sites is 1. The highest BCUT2D eigenvalue weighted by Gasteiger charge is 2.37. The highest BCUT2D eigenvalue weighted by molar-refractivity contribution is 5.59.